The summed E-state index contributed by atoms with van der Waals surface area (Å²) in [4.78, 5) is 4.40. The van der Waals surface area contributed by atoms with E-state index in [0.717, 1.165) is 18.5 Å². The lowest BCUT2D eigenvalue weighted by Gasteiger charge is -2.06. The van der Waals surface area contributed by atoms with Gasteiger partial charge in [-0.25, -0.2) is 4.99 Å². The van der Waals surface area contributed by atoms with Crippen LogP contribution in [0.4, 0.5) is 5.69 Å². The molecule has 0 aliphatic heterocycles. The molecule has 94 valence electrons. The van der Waals surface area contributed by atoms with Crippen LogP contribution in [-0.4, -0.2) is 12.0 Å². The largest absolute Gasteiger partial charge is 0.370 e. The molecule has 1 aromatic carbocycles. The van der Waals surface area contributed by atoms with Crippen molar-refractivity contribution in [2.75, 3.05) is 5.32 Å². The Morgan fingerprint density at radius 3 is 2.82 bits per heavy atom. The molecule has 1 aliphatic rings. The van der Waals surface area contributed by atoms with Crippen molar-refractivity contribution in [3.63, 3.8) is 0 Å². The second-order valence-corrected chi connectivity index (χ2v) is 4.47. The Morgan fingerprint density at radius 2 is 2.24 bits per heavy atom. The third kappa shape index (κ3) is 4.18. The van der Waals surface area contributed by atoms with E-state index in [2.05, 4.69) is 36.3 Å². The highest BCUT2D eigenvalue weighted by Gasteiger charge is 2.32. The minimum atomic E-state index is 0. The summed E-state index contributed by atoms with van der Waals surface area (Å²) in [6.07, 6.45) is 2.20. The van der Waals surface area contributed by atoms with Gasteiger partial charge in [0.15, 0.2) is 5.96 Å². The number of hydrogen-bond acceptors (Lipinski definition) is 1. The molecule has 3 N–H and O–H groups in total. The summed E-state index contributed by atoms with van der Waals surface area (Å²) in [5.41, 5.74) is 8.16. The third-order valence-electron chi connectivity index (χ3n) is 2.98. The first-order valence-corrected chi connectivity index (χ1v) is 5.88. The van der Waals surface area contributed by atoms with E-state index in [-0.39, 0.29) is 24.0 Å². The van der Waals surface area contributed by atoms with Crippen molar-refractivity contribution in [1.82, 2.24) is 0 Å². The van der Waals surface area contributed by atoms with E-state index in [1.165, 1.54) is 5.56 Å². The first-order valence-electron chi connectivity index (χ1n) is 5.88. The van der Waals surface area contributed by atoms with E-state index in [1.54, 1.807) is 0 Å². The fourth-order valence-corrected chi connectivity index (χ4v) is 1.71. The topological polar surface area (TPSA) is 50.4 Å². The number of aryl methyl sites for hydroxylation is 1. The Kier molecular flexibility index (Phi) is 5.24. The number of benzene rings is 1. The number of nitrogens with two attached hydrogens (primary N) is 1. The van der Waals surface area contributed by atoms with E-state index < -0.39 is 0 Å². The second-order valence-electron chi connectivity index (χ2n) is 4.47. The van der Waals surface area contributed by atoms with Gasteiger partial charge in [-0.1, -0.05) is 26.0 Å². The Labute approximate surface area is 120 Å². The van der Waals surface area contributed by atoms with Gasteiger partial charge in [-0.05, 0) is 36.5 Å². The fraction of sp³-hybridized carbons (Fsp3) is 0.462. The average molecular weight is 345 g/mol. The van der Waals surface area contributed by atoms with Crippen LogP contribution >= 0.6 is 24.0 Å². The van der Waals surface area contributed by atoms with E-state index in [4.69, 9.17) is 5.73 Å². The highest BCUT2D eigenvalue weighted by molar-refractivity contribution is 14.0. The van der Waals surface area contributed by atoms with Gasteiger partial charge in [0, 0.05) is 5.69 Å². The van der Waals surface area contributed by atoms with Crippen molar-refractivity contribution < 1.29 is 0 Å². The molecule has 0 bridgehead atoms. The summed E-state index contributed by atoms with van der Waals surface area (Å²) in [6.45, 7) is 4.33. The minimum absolute atomic E-state index is 0. The van der Waals surface area contributed by atoms with Crippen LogP contribution in [0, 0.1) is 5.92 Å². The Hall–Kier alpha value is -0.780. The smallest absolute Gasteiger partial charge is 0.193 e. The molecular formula is C13H20IN3. The summed E-state index contributed by atoms with van der Waals surface area (Å²) in [6, 6.07) is 8.70. The molecule has 17 heavy (non-hydrogen) atoms. The Morgan fingerprint density at radius 1 is 1.53 bits per heavy atom. The van der Waals surface area contributed by atoms with Gasteiger partial charge in [-0.3, -0.25) is 0 Å². The van der Waals surface area contributed by atoms with Gasteiger partial charge < -0.3 is 11.1 Å². The molecule has 3 nitrogen and oxygen atoms in total. The molecule has 1 fully saturated rings. The van der Waals surface area contributed by atoms with Gasteiger partial charge >= 0.3 is 0 Å². The number of nitrogens with zero attached hydrogens (tertiary/aromatic N) is 1. The number of guanidine groups is 1. The molecule has 0 saturated heterocycles. The van der Waals surface area contributed by atoms with Gasteiger partial charge in [0.1, 0.15) is 0 Å². The van der Waals surface area contributed by atoms with E-state index in [1.807, 2.05) is 12.1 Å². The van der Waals surface area contributed by atoms with Crippen molar-refractivity contribution in [1.29, 1.82) is 0 Å². The standard InChI is InChI=1S/C13H19N3.HI/c1-3-10-5-4-6-11(8-10)15-13(14)16-12-7-9(12)2;/h4-6,8-9,12H,3,7H2,1-2H3,(H3,14,15,16);1H. The van der Waals surface area contributed by atoms with Crippen molar-refractivity contribution >= 4 is 35.6 Å². The van der Waals surface area contributed by atoms with Crippen molar-refractivity contribution in [3.05, 3.63) is 29.8 Å². The van der Waals surface area contributed by atoms with Gasteiger partial charge in [-0.15, -0.1) is 24.0 Å². The Bertz CT molecular complexity index is 403. The zero-order chi connectivity index (χ0) is 11.5. The number of rotatable bonds is 3. The molecule has 1 saturated carbocycles. The SMILES string of the molecule is CCc1cccc(NC(N)=NC2CC2C)c1.I. The maximum absolute atomic E-state index is 5.84. The average Bonchev–Trinajstić information content (AvgIpc) is 2.94. The predicted octanol–water partition coefficient (Wildman–Crippen LogP) is 3.00. The lowest BCUT2D eigenvalue weighted by Crippen LogP contribution is -2.23. The van der Waals surface area contributed by atoms with Crippen molar-refractivity contribution in [2.45, 2.75) is 32.7 Å². The van der Waals surface area contributed by atoms with Crippen LogP contribution in [0.3, 0.4) is 0 Å². The van der Waals surface area contributed by atoms with Crippen molar-refractivity contribution in [2.24, 2.45) is 16.6 Å². The molecule has 0 amide bonds. The molecule has 4 heteroatoms. The summed E-state index contributed by atoms with van der Waals surface area (Å²) < 4.78 is 0. The molecule has 0 radical (unpaired) electrons. The van der Waals surface area contributed by atoms with Gasteiger partial charge in [-0.2, -0.15) is 0 Å². The number of hydrogen-bond donors (Lipinski definition) is 2. The van der Waals surface area contributed by atoms with Gasteiger partial charge in [0.2, 0.25) is 0 Å². The molecule has 2 rings (SSSR count). The van der Waals surface area contributed by atoms with Crippen LogP contribution in [0.1, 0.15) is 25.8 Å². The first kappa shape index (κ1) is 14.3. The summed E-state index contributed by atoms with van der Waals surface area (Å²) in [5, 5.41) is 3.14. The molecule has 1 aliphatic carbocycles. The summed E-state index contributed by atoms with van der Waals surface area (Å²) >= 11 is 0. The molecule has 2 atom stereocenters. The summed E-state index contributed by atoms with van der Waals surface area (Å²) in [7, 11) is 0. The zero-order valence-electron chi connectivity index (χ0n) is 10.3. The number of aliphatic imine (C=N–C) groups is 1. The molecule has 0 aromatic heterocycles. The van der Waals surface area contributed by atoms with Crippen LogP contribution in [0.15, 0.2) is 29.3 Å². The van der Waals surface area contributed by atoms with Crippen LogP contribution in [0.2, 0.25) is 0 Å². The second kappa shape index (κ2) is 6.23. The maximum atomic E-state index is 5.84. The van der Waals surface area contributed by atoms with E-state index in [0.29, 0.717) is 17.9 Å². The summed E-state index contributed by atoms with van der Waals surface area (Å²) in [5.74, 6) is 1.23. The highest BCUT2D eigenvalue weighted by Crippen LogP contribution is 2.32. The van der Waals surface area contributed by atoms with Gasteiger partial charge in [0.05, 0.1) is 6.04 Å². The fourth-order valence-electron chi connectivity index (χ4n) is 1.71. The molecule has 1 aromatic rings. The maximum Gasteiger partial charge on any atom is 0.193 e. The minimum Gasteiger partial charge on any atom is -0.370 e. The quantitative estimate of drug-likeness (QED) is 0.503. The highest BCUT2D eigenvalue weighted by atomic mass is 127. The van der Waals surface area contributed by atoms with E-state index in [9.17, 15) is 0 Å². The van der Waals surface area contributed by atoms with Crippen LogP contribution < -0.4 is 11.1 Å². The number of halogens is 1. The number of nitrogens with one attached hydrogen (secondary N) is 1. The monoisotopic (exact) mass is 345 g/mol. The van der Waals surface area contributed by atoms with Crippen LogP contribution in [0.5, 0.6) is 0 Å². The molecular weight excluding hydrogens is 325 g/mol. The normalized spacial score (nSPS) is 22.8. The first-order chi connectivity index (χ1) is 7.69. The van der Waals surface area contributed by atoms with Gasteiger partial charge in [0.25, 0.3) is 0 Å². The van der Waals surface area contributed by atoms with E-state index >= 15 is 0 Å². The zero-order valence-corrected chi connectivity index (χ0v) is 12.6. The predicted molar refractivity (Wildman–Crippen MR) is 84.0 cm³/mol. The molecule has 2 unspecified atom stereocenters. The van der Waals surface area contributed by atoms with Crippen LogP contribution in [-0.2, 0) is 6.42 Å². The van der Waals surface area contributed by atoms with Crippen LogP contribution in [0.25, 0.3) is 0 Å². The van der Waals surface area contributed by atoms with Crippen molar-refractivity contribution in [3.8, 4) is 0 Å². The molecule has 0 spiro atoms. The lowest BCUT2D eigenvalue weighted by molar-refractivity contribution is 0.893. The lowest BCUT2D eigenvalue weighted by atomic mass is 10.1. The molecule has 0 heterocycles. The third-order valence-corrected chi connectivity index (χ3v) is 2.98. The number of anilines is 1. The Balaban J connectivity index is 0.00000144.